The Morgan fingerprint density at radius 3 is 2.58 bits per heavy atom. The molecule has 0 atom stereocenters. The predicted molar refractivity (Wildman–Crippen MR) is 82.0 cm³/mol. The third kappa shape index (κ3) is 1.55. The third-order valence-electron chi connectivity index (χ3n) is 3.66. The van der Waals surface area contributed by atoms with E-state index in [1.807, 2.05) is 6.20 Å². The van der Waals surface area contributed by atoms with Gasteiger partial charge in [0.05, 0.1) is 0 Å². The molecule has 3 aromatic rings. The molecule has 90 valence electrons. The van der Waals surface area contributed by atoms with Crippen LogP contribution in [0.5, 0.6) is 0 Å². The second-order valence-electron chi connectivity index (χ2n) is 4.77. The van der Waals surface area contributed by atoms with Crippen LogP contribution in [0.3, 0.4) is 0 Å². The number of anilines is 1. The quantitative estimate of drug-likeness (QED) is 0.592. The first-order valence-electron chi connectivity index (χ1n) is 6.48. The highest BCUT2D eigenvalue weighted by atomic mass is 14.8. The molecule has 4 rings (SSSR count). The van der Waals surface area contributed by atoms with E-state index in [0.29, 0.717) is 0 Å². The monoisotopic (exact) mass is 243 g/mol. The average molecular weight is 243 g/mol. The van der Waals surface area contributed by atoms with Gasteiger partial charge >= 0.3 is 0 Å². The van der Waals surface area contributed by atoms with E-state index in [9.17, 15) is 0 Å². The highest BCUT2D eigenvalue weighted by Crippen LogP contribution is 2.38. The maximum Gasteiger partial charge on any atom is 0.0459 e. The molecule has 0 aliphatic carbocycles. The van der Waals surface area contributed by atoms with Crippen molar-refractivity contribution in [3.63, 3.8) is 0 Å². The van der Waals surface area contributed by atoms with E-state index in [1.165, 1.54) is 27.5 Å². The van der Waals surface area contributed by atoms with Gasteiger partial charge in [-0.15, -0.1) is 0 Å². The van der Waals surface area contributed by atoms with Crippen LogP contribution in [0, 0.1) is 0 Å². The van der Waals surface area contributed by atoms with Gasteiger partial charge in [0, 0.05) is 17.5 Å². The van der Waals surface area contributed by atoms with Gasteiger partial charge in [0.25, 0.3) is 0 Å². The van der Waals surface area contributed by atoms with Gasteiger partial charge in [0.2, 0.25) is 0 Å². The van der Waals surface area contributed by atoms with Gasteiger partial charge in [0.15, 0.2) is 0 Å². The zero-order valence-electron chi connectivity index (χ0n) is 10.4. The Kier molecular flexibility index (Phi) is 2.18. The largest absolute Gasteiger partial charge is 0.361 e. The molecule has 0 amide bonds. The fraction of sp³-hybridized carbons (Fsp3) is 0. The molecule has 0 spiro atoms. The fourth-order valence-corrected chi connectivity index (χ4v) is 2.78. The summed E-state index contributed by atoms with van der Waals surface area (Å²) in [5.74, 6) is 0. The molecule has 3 aromatic carbocycles. The minimum atomic E-state index is 1.16. The minimum absolute atomic E-state index is 1.16. The topological polar surface area (TPSA) is 12.0 Å². The number of para-hydroxylation sites is 1. The molecule has 0 radical (unpaired) electrons. The van der Waals surface area contributed by atoms with Gasteiger partial charge in [0.1, 0.15) is 0 Å². The summed E-state index contributed by atoms with van der Waals surface area (Å²) < 4.78 is 0. The molecule has 1 nitrogen and oxygen atoms in total. The molecule has 0 fully saturated rings. The Hall–Kier alpha value is -2.54. The molecule has 1 N–H and O–H groups in total. The lowest BCUT2D eigenvalue weighted by atomic mass is 9.93. The number of benzene rings is 3. The molecule has 0 unspecified atom stereocenters. The van der Waals surface area contributed by atoms with Crippen molar-refractivity contribution in [2.45, 2.75) is 0 Å². The number of nitrogens with one attached hydrogen (secondary N) is 1. The molecule has 1 heterocycles. The fourth-order valence-electron chi connectivity index (χ4n) is 2.78. The Labute approximate surface area is 112 Å². The van der Waals surface area contributed by atoms with E-state index in [4.69, 9.17) is 0 Å². The second-order valence-corrected chi connectivity index (χ2v) is 4.77. The minimum Gasteiger partial charge on any atom is -0.361 e. The molecule has 19 heavy (non-hydrogen) atoms. The first-order valence-corrected chi connectivity index (χ1v) is 6.48. The van der Waals surface area contributed by atoms with Crippen LogP contribution in [-0.4, -0.2) is 0 Å². The maximum absolute atomic E-state index is 3.36. The van der Waals surface area contributed by atoms with Crippen molar-refractivity contribution in [3.8, 4) is 11.1 Å². The van der Waals surface area contributed by atoms with Crippen LogP contribution in [0.15, 0.2) is 66.9 Å². The van der Waals surface area contributed by atoms with E-state index in [0.717, 1.165) is 5.69 Å². The van der Waals surface area contributed by atoms with E-state index >= 15 is 0 Å². The van der Waals surface area contributed by atoms with Crippen molar-refractivity contribution < 1.29 is 0 Å². The van der Waals surface area contributed by atoms with Crippen LogP contribution < -0.4 is 5.32 Å². The van der Waals surface area contributed by atoms with Gasteiger partial charge in [-0.05, 0) is 34.0 Å². The van der Waals surface area contributed by atoms with Crippen molar-refractivity contribution >= 4 is 22.5 Å². The number of fused-ring (bicyclic) bond motifs is 5. The van der Waals surface area contributed by atoms with E-state index in [2.05, 4.69) is 72.1 Å². The summed E-state index contributed by atoms with van der Waals surface area (Å²) >= 11 is 0. The molecule has 0 bridgehead atoms. The number of hydrogen-bond donors (Lipinski definition) is 1. The lowest BCUT2D eigenvalue weighted by Gasteiger charge is -2.12. The molecule has 0 aromatic heterocycles. The van der Waals surface area contributed by atoms with E-state index in [1.54, 1.807) is 0 Å². The molecule has 1 aliphatic heterocycles. The summed E-state index contributed by atoms with van der Waals surface area (Å²) in [5, 5.41) is 5.95. The van der Waals surface area contributed by atoms with Crippen LogP contribution >= 0.6 is 0 Å². The Morgan fingerprint density at radius 1 is 0.737 bits per heavy atom. The first-order chi connectivity index (χ1) is 9.43. The molecular formula is C18H13N. The van der Waals surface area contributed by atoms with Crippen molar-refractivity contribution in [2.75, 3.05) is 5.32 Å². The summed E-state index contributed by atoms with van der Waals surface area (Å²) in [4.78, 5) is 0. The Morgan fingerprint density at radius 2 is 1.58 bits per heavy atom. The van der Waals surface area contributed by atoms with Crippen LogP contribution in [0.2, 0.25) is 0 Å². The van der Waals surface area contributed by atoms with E-state index in [-0.39, 0.29) is 0 Å². The second kappa shape index (κ2) is 3.99. The van der Waals surface area contributed by atoms with Crippen LogP contribution in [0.1, 0.15) is 5.56 Å². The van der Waals surface area contributed by atoms with Crippen molar-refractivity contribution in [2.24, 2.45) is 0 Å². The highest BCUT2D eigenvalue weighted by molar-refractivity contribution is 6.04. The van der Waals surface area contributed by atoms with Crippen LogP contribution in [0.4, 0.5) is 5.69 Å². The zero-order chi connectivity index (χ0) is 12.7. The lowest BCUT2D eigenvalue weighted by molar-refractivity contribution is 1.60. The predicted octanol–water partition coefficient (Wildman–Crippen LogP) is 4.90. The maximum atomic E-state index is 3.36. The summed E-state index contributed by atoms with van der Waals surface area (Å²) in [6.07, 6.45) is 4.15. The van der Waals surface area contributed by atoms with Crippen molar-refractivity contribution in [1.82, 2.24) is 0 Å². The standard InChI is InChI=1S/C18H13N/c1-2-6-15-13(5-1)9-10-14-11-12-19-17-8-4-3-7-16(17)18(14)15/h1-12,19H. The molecular weight excluding hydrogens is 230 g/mol. The van der Waals surface area contributed by atoms with E-state index < -0.39 is 0 Å². The Bertz CT molecular complexity index is 800. The van der Waals surface area contributed by atoms with Crippen molar-refractivity contribution in [1.29, 1.82) is 0 Å². The first kappa shape index (κ1) is 10.4. The van der Waals surface area contributed by atoms with Crippen molar-refractivity contribution in [3.05, 3.63) is 72.4 Å². The third-order valence-corrected chi connectivity index (χ3v) is 3.66. The number of rotatable bonds is 0. The summed E-state index contributed by atoms with van der Waals surface area (Å²) in [6, 6.07) is 21.4. The van der Waals surface area contributed by atoms with Gasteiger partial charge in [-0.1, -0.05) is 54.6 Å². The molecule has 1 aliphatic rings. The molecule has 1 heteroatoms. The molecule has 0 saturated heterocycles. The average Bonchev–Trinajstić information content (AvgIpc) is 2.66. The Balaban J connectivity index is 2.18. The smallest absolute Gasteiger partial charge is 0.0459 e. The number of hydrogen-bond acceptors (Lipinski definition) is 1. The lowest BCUT2D eigenvalue weighted by Crippen LogP contribution is -1.89. The normalized spacial score (nSPS) is 12.4. The SMILES string of the molecule is C1=Cc2ccc3ccccc3c2-c2ccccc2N1. The van der Waals surface area contributed by atoms with Crippen LogP contribution in [-0.2, 0) is 0 Å². The molecule has 0 saturated carbocycles. The summed E-state index contributed by atoms with van der Waals surface area (Å²) in [7, 11) is 0. The zero-order valence-corrected chi connectivity index (χ0v) is 10.4. The summed E-state index contributed by atoms with van der Waals surface area (Å²) in [6.45, 7) is 0. The van der Waals surface area contributed by atoms with Gasteiger partial charge in [-0.3, -0.25) is 0 Å². The highest BCUT2D eigenvalue weighted by Gasteiger charge is 2.13. The van der Waals surface area contributed by atoms with Gasteiger partial charge in [-0.25, -0.2) is 0 Å². The van der Waals surface area contributed by atoms with Crippen LogP contribution in [0.25, 0.3) is 28.0 Å². The van der Waals surface area contributed by atoms with Gasteiger partial charge in [-0.2, -0.15) is 0 Å². The van der Waals surface area contributed by atoms with Gasteiger partial charge < -0.3 is 5.32 Å². The summed E-state index contributed by atoms with van der Waals surface area (Å²) in [5.41, 5.74) is 5.00.